The molecule has 23 heavy (non-hydrogen) atoms. The Kier molecular flexibility index (Phi) is 5.34. The highest BCUT2D eigenvalue weighted by molar-refractivity contribution is 7.98. The molecule has 2 aromatic rings. The van der Waals surface area contributed by atoms with E-state index in [2.05, 4.69) is 9.97 Å². The summed E-state index contributed by atoms with van der Waals surface area (Å²) in [6.07, 6.45) is 2.31. The van der Waals surface area contributed by atoms with Crippen LogP contribution in [0.1, 0.15) is 18.9 Å². The highest BCUT2D eigenvalue weighted by atomic mass is 32.2. The van der Waals surface area contributed by atoms with Crippen LogP contribution in [0.15, 0.2) is 22.1 Å². The fourth-order valence-corrected chi connectivity index (χ4v) is 2.26. The first-order valence-electron chi connectivity index (χ1n) is 6.72. The molecule has 0 spiro atoms. The summed E-state index contributed by atoms with van der Waals surface area (Å²) in [5.41, 5.74) is -0.813. The number of halogens is 2. The van der Waals surface area contributed by atoms with Gasteiger partial charge in [-0.1, -0.05) is 18.7 Å². The van der Waals surface area contributed by atoms with Crippen LogP contribution in [0, 0.1) is 23.0 Å². The van der Waals surface area contributed by atoms with Gasteiger partial charge in [-0.05, 0) is 24.8 Å². The number of hydrogen-bond acceptors (Lipinski definition) is 5. The third-order valence-electron chi connectivity index (χ3n) is 2.93. The van der Waals surface area contributed by atoms with Gasteiger partial charge in [0.05, 0.1) is 12.3 Å². The fourth-order valence-electron chi connectivity index (χ4n) is 1.88. The average molecular weight is 337 g/mol. The lowest BCUT2D eigenvalue weighted by Crippen LogP contribution is -2.14. The fraction of sp³-hybridized carbons (Fsp3) is 0.267. The first-order chi connectivity index (χ1) is 11.0. The van der Waals surface area contributed by atoms with Gasteiger partial charge in [-0.2, -0.15) is 9.65 Å². The molecule has 1 N–H and O–H groups in total. The second kappa shape index (κ2) is 7.24. The second-order valence-corrected chi connectivity index (χ2v) is 5.32. The Morgan fingerprint density at radius 2 is 2.17 bits per heavy atom. The van der Waals surface area contributed by atoms with E-state index in [0.717, 1.165) is 17.8 Å². The van der Waals surface area contributed by atoms with Crippen LogP contribution in [0.25, 0.3) is 11.3 Å². The van der Waals surface area contributed by atoms with Crippen molar-refractivity contribution in [2.24, 2.45) is 0 Å². The molecule has 120 valence electrons. The zero-order chi connectivity index (χ0) is 17.0. The van der Waals surface area contributed by atoms with Crippen LogP contribution >= 0.6 is 11.8 Å². The molecule has 0 saturated carbocycles. The minimum atomic E-state index is -1.13. The van der Waals surface area contributed by atoms with E-state index in [1.54, 1.807) is 12.3 Å². The van der Waals surface area contributed by atoms with Crippen molar-refractivity contribution in [2.75, 3.05) is 12.9 Å². The third kappa shape index (κ3) is 3.51. The van der Waals surface area contributed by atoms with E-state index < -0.39 is 17.2 Å². The zero-order valence-electron chi connectivity index (χ0n) is 12.4. The Labute approximate surface area is 135 Å². The standard InChI is InChI=1S/C15H13F2N3O2S/c1-3-4-22-11-6-8(5-10(16)12(11)17)13-9(7-18)14(21)20-15(19-13)23-2/h5-6H,3-4H2,1-2H3,(H,19,20,21). The molecule has 0 aliphatic heterocycles. The average Bonchev–Trinajstić information content (AvgIpc) is 2.55. The Hall–Kier alpha value is -2.40. The van der Waals surface area contributed by atoms with Crippen molar-refractivity contribution in [2.45, 2.75) is 18.5 Å². The molecule has 0 radical (unpaired) electrons. The first kappa shape index (κ1) is 17.0. The molecule has 8 heteroatoms. The highest BCUT2D eigenvalue weighted by Gasteiger charge is 2.18. The zero-order valence-corrected chi connectivity index (χ0v) is 13.3. The third-order valence-corrected chi connectivity index (χ3v) is 3.51. The van der Waals surface area contributed by atoms with Gasteiger partial charge in [0.25, 0.3) is 5.56 Å². The second-order valence-electron chi connectivity index (χ2n) is 4.53. The minimum absolute atomic E-state index is 0.0131. The van der Waals surface area contributed by atoms with Gasteiger partial charge < -0.3 is 9.72 Å². The Balaban J connectivity index is 2.67. The van der Waals surface area contributed by atoms with E-state index in [9.17, 15) is 13.6 Å². The Morgan fingerprint density at radius 1 is 1.43 bits per heavy atom. The number of nitrogens with one attached hydrogen (secondary N) is 1. The van der Waals surface area contributed by atoms with Gasteiger partial charge >= 0.3 is 0 Å². The number of benzene rings is 1. The SMILES string of the molecule is CCCOc1cc(-c2nc(SC)[nH]c(=O)c2C#N)cc(F)c1F. The molecule has 0 amide bonds. The van der Waals surface area contributed by atoms with Crippen molar-refractivity contribution in [1.29, 1.82) is 5.26 Å². The number of rotatable bonds is 5. The summed E-state index contributed by atoms with van der Waals surface area (Å²) in [4.78, 5) is 18.5. The largest absolute Gasteiger partial charge is 0.490 e. The van der Waals surface area contributed by atoms with Crippen molar-refractivity contribution in [3.63, 3.8) is 0 Å². The lowest BCUT2D eigenvalue weighted by Gasteiger charge is -2.10. The number of nitriles is 1. The van der Waals surface area contributed by atoms with Crippen molar-refractivity contribution in [3.8, 4) is 23.1 Å². The molecular formula is C15H13F2N3O2S. The highest BCUT2D eigenvalue weighted by Crippen LogP contribution is 2.29. The monoisotopic (exact) mass is 337 g/mol. The molecule has 0 atom stereocenters. The van der Waals surface area contributed by atoms with Crippen molar-refractivity contribution >= 4 is 11.8 Å². The van der Waals surface area contributed by atoms with Crippen LogP contribution in [-0.4, -0.2) is 22.8 Å². The summed E-state index contributed by atoms with van der Waals surface area (Å²) in [6, 6.07) is 3.86. The van der Waals surface area contributed by atoms with Crippen LogP contribution < -0.4 is 10.3 Å². The van der Waals surface area contributed by atoms with E-state index in [0.29, 0.717) is 6.42 Å². The maximum atomic E-state index is 13.8. The molecule has 0 saturated heterocycles. The lowest BCUT2D eigenvalue weighted by atomic mass is 10.1. The normalized spacial score (nSPS) is 10.4. The molecule has 0 fully saturated rings. The smallest absolute Gasteiger partial charge is 0.270 e. The number of H-pyrrole nitrogens is 1. The van der Waals surface area contributed by atoms with Gasteiger partial charge in [0.2, 0.25) is 5.82 Å². The van der Waals surface area contributed by atoms with Crippen molar-refractivity contribution in [3.05, 3.63) is 39.7 Å². The quantitative estimate of drug-likeness (QED) is 0.670. The van der Waals surface area contributed by atoms with Crippen LogP contribution in [0.2, 0.25) is 0 Å². The molecule has 1 aromatic heterocycles. The number of hydrogen-bond donors (Lipinski definition) is 1. The Morgan fingerprint density at radius 3 is 2.78 bits per heavy atom. The van der Waals surface area contributed by atoms with E-state index in [4.69, 9.17) is 10.00 Å². The molecule has 0 aliphatic rings. The van der Waals surface area contributed by atoms with Gasteiger partial charge in [-0.15, -0.1) is 0 Å². The maximum Gasteiger partial charge on any atom is 0.270 e. The van der Waals surface area contributed by atoms with Crippen molar-refractivity contribution < 1.29 is 13.5 Å². The lowest BCUT2D eigenvalue weighted by molar-refractivity contribution is 0.295. The molecule has 0 bridgehead atoms. The predicted molar refractivity (Wildman–Crippen MR) is 82.5 cm³/mol. The predicted octanol–water partition coefficient (Wildman–Crippen LogP) is 3.10. The van der Waals surface area contributed by atoms with Crippen LogP contribution in [0.4, 0.5) is 8.78 Å². The molecule has 0 unspecified atom stereocenters. The molecule has 0 aliphatic carbocycles. The van der Waals surface area contributed by atoms with E-state index in [-0.39, 0.29) is 34.3 Å². The summed E-state index contributed by atoms with van der Waals surface area (Å²) >= 11 is 1.16. The first-order valence-corrected chi connectivity index (χ1v) is 7.94. The van der Waals surface area contributed by atoms with Crippen LogP contribution in [0.3, 0.4) is 0 Å². The van der Waals surface area contributed by atoms with Gasteiger partial charge in [0, 0.05) is 5.56 Å². The van der Waals surface area contributed by atoms with E-state index in [1.165, 1.54) is 6.07 Å². The maximum absolute atomic E-state index is 13.8. The summed E-state index contributed by atoms with van der Waals surface area (Å²) < 4.78 is 32.8. The topological polar surface area (TPSA) is 78.8 Å². The van der Waals surface area contributed by atoms with Gasteiger partial charge in [0.15, 0.2) is 16.7 Å². The van der Waals surface area contributed by atoms with Crippen LogP contribution in [0.5, 0.6) is 5.75 Å². The Bertz CT molecular complexity index is 831. The van der Waals surface area contributed by atoms with E-state index in [1.807, 2.05) is 6.92 Å². The van der Waals surface area contributed by atoms with Gasteiger partial charge in [-0.3, -0.25) is 4.79 Å². The van der Waals surface area contributed by atoms with Gasteiger partial charge in [-0.25, -0.2) is 9.37 Å². The molecule has 5 nitrogen and oxygen atoms in total. The molecule has 2 rings (SSSR count). The number of nitrogens with zero attached hydrogens (tertiary/aromatic N) is 2. The van der Waals surface area contributed by atoms with Crippen molar-refractivity contribution in [1.82, 2.24) is 9.97 Å². The number of aromatic nitrogens is 2. The summed E-state index contributed by atoms with van der Waals surface area (Å²) in [7, 11) is 0. The summed E-state index contributed by atoms with van der Waals surface area (Å²) in [5, 5.41) is 9.41. The number of thioether (sulfide) groups is 1. The van der Waals surface area contributed by atoms with Gasteiger partial charge in [0.1, 0.15) is 11.6 Å². The molecule has 1 heterocycles. The summed E-state index contributed by atoms with van der Waals surface area (Å²) in [6.45, 7) is 2.04. The minimum Gasteiger partial charge on any atom is -0.490 e. The molecule has 1 aromatic carbocycles. The summed E-state index contributed by atoms with van der Waals surface area (Å²) in [5.74, 6) is -2.53. The number of ether oxygens (including phenoxy) is 1. The van der Waals surface area contributed by atoms with E-state index >= 15 is 0 Å². The van der Waals surface area contributed by atoms with Crippen LogP contribution in [-0.2, 0) is 0 Å². The number of aromatic amines is 1. The molecular weight excluding hydrogens is 324 g/mol.